The molecule has 1 amide bonds. The Morgan fingerprint density at radius 3 is 2.74 bits per heavy atom. The van der Waals surface area contributed by atoms with Crippen molar-refractivity contribution in [2.24, 2.45) is 0 Å². The summed E-state index contributed by atoms with van der Waals surface area (Å²) in [5, 5.41) is 17.8. The van der Waals surface area contributed by atoms with Crippen molar-refractivity contribution in [3.05, 3.63) is 52.9 Å². The Bertz CT molecular complexity index is 1010. The van der Waals surface area contributed by atoms with E-state index in [1.165, 1.54) is 17.4 Å². The second kappa shape index (κ2) is 7.50. The second-order valence-corrected chi connectivity index (χ2v) is 7.80. The van der Waals surface area contributed by atoms with Crippen LogP contribution < -0.4 is 10.6 Å². The van der Waals surface area contributed by atoms with Gasteiger partial charge in [0.15, 0.2) is 6.29 Å². The third kappa shape index (κ3) is 3.59. The van der Waals surface area contributed by atoms with Crippen molar-refractivity contribution >= 4 is 34.3 Å². The van der Waals surface area contributed by atoms with Crippen LogP contribution in [0.15, 0.2) is 42.5 Å². The number of thiophene rings is 1. The maximum Gasteiger partial charge on any atom is 0.261 e. The highest BCUT2D eigenvalue weighted by Crippen LogP contribution is 2.33. The third-order valence-corrected chi connectivity index (χ3v) is 6.08. The average Bonchev–Trinajstić information content (AvgIpc) is 3.19. The Balaban J connectivity index is 1.58. The molecule has 6 heteroatoms. The first kappa shape index (κ1) is 17.7. The number of carbonyl (C=O) groups is 2. The highest BCUT2D eigenvalue weighted by molar-refractivity contribution is 7.17. The lowest BCUT2D eigenvalue weighted by atomic mass is 10.0. The van der Waals surface area contributed by atoms with Gasteiger partial charge in [0.05, 0.1) is 10.4 Å². The monoisotopic (exact) mass is 380 g/mol. The summed E-state index contributed by atoms with van der Waals surface area (Å²) in [6, 6.07) is 13.1. The SMILES string of the molecule is O=Cc1c(O)ccc2cc(-c3ccc(C(=O)NC4CCNCC4)s3)ccc12. The number of benzene rings is 2. The van der Waals surface area contributed by atoms with E-state index in [4.69, 9.17) is 0 Å². The van der Waals surface area contributed by atoms with Crippen LogP contribution in [0.4, 0.5) is 0 Å². The molecular weight excluding hydrogens is 360 g/mol. The molecule has 0 unspecified atom stereocenters. The molecule has 0 aliphatic carbocycles. The third-order valence-electron chi connectivity index (χ3n) is 4.94. The summed E-state index contributed by atoms with van der Waals surface area (Å²) in [4.78, 5) is 25.4. The van der Waals surface area contributed by atoms with Gasteiger partial charge in [-0.05, 0) is 66.5 Å². The molecule has 2 heterocycles. The standard InChI is InChI=1S/C21H20N2O3S/c24-12-17-16-3-1-14(11-13(16)2-4-18(17)25)19-5-6-20(27-19)21(26)23-15-7-9-22-10-8-15/h1-6,11-12,15,22,25H,7-10H2,(H,23,26). The molecule has 5 nitrogen and oxygen atoms in total. The van der Waals surface area contributed by atoms with Gasteiger partial charge in [-0.15, -0.1) is 11.3 Å². The van der Waals surface area contributed by atoms with Crippen molar-refractivity contribution in [2.75, 3.05) is 13.1 Å². The lowest BCUT2D eigenvalue weighted by Crippen LogP contribution is -2.42. The van der Waals surface area contributed by atoms with E-state index in [1.54, 1.807) is 6.07 Å². The number of aldehydes is 1. The first-order chi connectivity index (χ1) is 13.2. The van der Waals surface area contributed by atoms with E-state index in [0.29, 0.717) is 22.1 Å². The zero-order valence-electron chi connectivity index (χ0n) is 14.7. The molecule has 0 spiro atoms. The minimum absolute atomic E-state index is 0.0155. The predicted molar refractivity (Wildman–Crippen MR) is 108 cm³/mol. The van der Waals surface area contributed by atoms with Crippen molar-refractivity contribution in [2.45, 2.75) is 18.9 Å². The molecule has 1 aliphatic heterocycles. The highest BCUT2D eigenvalue weighted by atomic mass is 32.1. The number of amides is 1. The molecule has 0 radical (unpaired) electrons. The van der Waals surface area contributed by atoms with E-state index in [1.807, 2.05) is 30.3 Å². The smallest absolute Gasteiger partial charge is 0.261 e. The van der Waals surface area contributed by atoms with Crippen LogP contribution in [0.5, 0.6) is 5.75 Å². The van der Waals surface area contributed by atoms with Gasteiger partial charge < -0.3 is 15.7 Å². The van der Waals surface area contributed by atoms with Gasteiger partial charge in [0.1, 0.15) is 5.75 Å². The molecule has 27 heavy (non-hydrogen) atoms. The number of piperidine rings is 1. The summed E-state index contributed by atoms with van der Waals surface area (Å²) in [6.07, 6.45) is 2.59. The first-order valence-corrected chi connectivity index (χ1v) is 9.80. The second-order valence-electron chi connectivity index (χ2n) is 6.71. The summed E-state index contributed by atoms with van der Waals surface area (Å²) in [5.41, 5.74) is 1.28. The minimum atomic E-state index is -0.0212. The quantitative estimate of drug-likeness (QED) is 0.605. The Labute approximate surface area is 161 Å². The summed E-state index contributed by atoms with van der Waals surface area (Å²) < 4.78 is 0. The molecule has 1 fully saturated rings. The van der Waals surface area contributed by atoms with Crippen molar-refractivity contribution in [1.29, 1.82) is 0 Å². The van der Waals surface area contributed by atoms with Gasteiger partial charge in [-0.3, -0.25) is 9.59 Å². The molecule has 3 N–H and O–H groups in total. The molecule has 138 valence electrons. The zero-order chi connectivity index (χ0) is 18.8. The van der Waals surface area contributed by atoms with Crippen molar-refractivity contribution < 1.29 is 14.7 Å². The van der Waals surface area contributed by atoms with Crippen LogP contribution in [0.3, 0.4) is 0 Å². The number of rotatable bonds is 4. The molecule has 0 atom stereocenters. The van der Waals surface area contributed by atoms with Crippen molar-refractivity contribution in [1.82, 2.24) is 10.6 Å². The number of phenols is 1. The topological polar surface area (TPSA) is 78.4 Å². The van der Waals surface area contributed by atoms with E-state index >= 15 is 0 Å². The Morgan fingerprint density at radius 2 is 1.96 bits per heavy atom. The normalized spacial score (nSPS) is 15.0. The van der Waals surface area contributed by atoms with Crippen LogP contribution in [0.25, 0.3) is 21.2 Å². The Hall–Kier alpha value is -2.70. The van der Waals surface area contributed by atoms with Crippen LogP contribution in [-0.4, -0.2) is 36.4 Å². The predicted octanol–water partition coefficient (Wildman–Crippen LogP) is 3.57. The number of phenolic OH excluding ortho intramolecular Hbond substituents is 1. The van der Waals surface area contributed by atoms with Crippen molar-refractivity contribution in [3.63, 3.8) is 0 Å². The largest absolute Gasteiger partial charge is 0.507 e. The molecule has 4 rings (SSSR count). The van der Waals surface area contributed by atoms with E-state index in [0.717, 1.165) is 41.8 Å². The molecule has 0 bridgehead atoms. The van der Waals surface area contributed by atoms with Gasteiger partial charge in [0.2, 0.25) is 0 Å². The van der Waals surface area contributed by atoms with E-state index < -0.39 is 0 Å². The summed E-state index contributed by atoms with van der Waals surface area (Å²) in [5.74, 6) is -0.0367. The van der Waals surface area contributed by atoms with Crippen LogP contribution in [0.1, 0.15) is 32.9 Å². The highest BCUT2D eigenvalue weighted by Gasteiger charge is 2.18. The minimum Gasteiger partial charge on any atom is -0.507 e. The number of carbonyl (C=O) groups excluding carboxylic acids is 2. The maximum atomic E-state index is 12.5. The van der Waals surface area contributed by atoms with Gasteiger partial charge in [0, 0.05) is 10.9 Å². The number of hydrogen-bond acceptors (Lipinski definition) is 5. The fraction of sp³-hybridized carbons (Fsp3) is 0.238. The molecule has 3 aromatic rings. The number of fused-ring (bicyclic) bond motifs is 1. The lowest BCUT2D eigenvalue weighted by molar-refractivity contribution is 0.0933. The molecule has 0 saturated carbocycles. The summed E-state index contributed by atoms with van der Waals surface area (Å²) in [6.45, 7) is 1.88. The Kier molecular flexibility index (Phi) is 4.92. The van der Waals surface area contributed by atoms with E-state index in [2.05, 4.69) is 10.6 Å². The molecule has 1 saturated heterocycles. The van der Waals surface area contributed by atoms with Crippen LogP contribution >= 0.6 is 11.3 Å². The molecular formula is C21H20N2O3S. The first-order valence-electron chi connectivity index (χ1n) is 8.98. The zero-order valence-corrected chi connectivity index (χ0v) is 15.5. The molecule has 2 aromatic carbocycles. The summed E-state index contributed by atoms with van der Waals surface area (Å²) in [7, 11) is 0. The maximum absolute atomic E-state index is 12.5. The molecule has 1 aliphatic rings. The number of aromatic hydroxyl groups is 1. The van der Waals surface area contributed by atoms with Gasteiger partial charge in [-0.2, -0.15) is 0 Å². The van der Waals surface area contributed by atoms with Crippen LogP contribution in [0, 0.1) is 0 Å². The van der Waals surface area contributed by atoms with Gasteiger partial charge in [-0.25, -0.2) is 0 Å². The Morgan fingerprint density at radius 1 is 1.15 bits per heavy atom. The van der Waals surface area contributed by atoms with Gasteiger partial charge in [-0.1, -0.05) is 18.2 Å². The van der Waals surface area contributed by atoms with Crippen molar-refractivity contribution in [3.8, 4) is 16.2 Å². The lowest BCUT2D eigenvalue weighted by Gasteiger charge is -2.23. The number of hydrogen-bond donors (Lipinski definition) is 3. The summed E-state index contributed by atoms with van der Waals surface area (Å²) >= 11 is 1.46. The van der Waals surface area contributed by atoms with E-state index in [-0.39, 0.29) is 17.7 Å². The fourth-order valence-corrected chi connectivity index (χ4v) is 4.36. The van der Waals surface area contributed by atoms with E-state index in [9.17, 15) is 14.7 Å². The van der Waals surface area contributed by atoms with Crippen LogP contribution in [-0.2, 0) is 0 Å². The molecule has 1 aromatic heterocycles. The van der Waals surface area contributed by atoms with Gasteiger partial charge >= 0.3 is 0 Å². The van der Waals surface area contributed by atoms with Gasteiger partial charge in [0.25, 0.3) is 5.91 Å². The number of nitrogens with one attached hydrogen (secondary N) is 2. The van der Waals surface area contributed by atoms with Crippen LogP contribution in [0.2, 0.25) is 0 Å². The average molecular weight is 380 g/mol. The fourth-order valence-electron chi connectivity index (χ4n) is 3.46.